The molecule has 1 heterocycles. The molecule has 2 N–H and O–H groups in total. The number of nitrogens with zero attached hydrogens (tertiary/aromatic N) is 1. The number of nitrogens with one attached hydrogen (secondary N) is 2. The van der Waals surface area contributed by atoms with E-state index in [9.17, 15) is 9.59 Å². The lowest BCUT2D eigenvalue weighted by Gasteiger charge is -2.15. The molecule has 2 aliphatic rings. The molecule has 1 aromatic rings. The van der Waals surface area contributed by atoms with Crippen LogP contribution < -0.4 is 10.6 Å². The van der Waals surface area contributed by atoms with Crippen LogP contribution in [0, 0.1) is 0 Å². The van der Waals surface area contributed by atoms with Gasteiger partial charge in [-0.1, -0.05) is 6.07 Å². The molecule has 0 atom stereocenters. The van der Waals surface area contributed by atoms with Crippen LogP contribution in [-0.4, -0.2) is 36.5 Å². The van der Waals surface area contributed by atoms with Gasteiger partial charge in [-0.05, 0) is 55.4 Å². The first-order valence-corrected chi connectivity index (χ1v) is 7.67. The molecule has 1 aromatic carbocycles. The number of hydrogen-bond acceptors (Lipinski definition) is 2. The smallest absolute Gasteiger partial charge is 0.319 e. The molecule has 5 nitrogen and oxygen atoms in total. The first kappa shape index (κ1) is 13.9. The second-order valence-corrected chi connectivity index (χ2v) is 5.73. The zero-order valence-electron chi connectivity index (χ0n) is 12.2. The second-order valence-electron chi connectivity index (χ2n) is 5.73. The van der Waals surface area contributed by atoms with Gasteiger partial charge in [0.25, 0.3) is 0 Å². The molecule has 0 unspecified atom stereocenters. The molecule has 0 bridgehead atoms. The van der Waals surface area contributed by atoms with Crippen LogP contribution in [0.2, 0.25) is 0 Å². The van der Waals surface area contributed by atoms with E-state index in [0.717, 1.165) is 44.5 Å². The SMILES string of the molecule is O=C(NCC(=O)N1CCCC1)Nc1ccc2c(c1)CCC2. The summed E-state index contributed by atoms with van der Waals surface area (Å²) in [5, 5.41) is 5.43. The normalized spacial score (nSPS) is 16.7. The van der Waals surface area contributed by atoms with Crippen molar-refractivity contribution in [3.63, 3.8) is 0 Å². The van der Waals surface area contributed by atoms with E-state index in [2.05, 4.69) is 16.7 Å². The van der Waals surface area contributed by atoms with Gasteiger partial charge < -0.3 is 15.5 Å². The fourth-order valence-electron chi connectivity index (χ4n) is 3.06. The average Bonchev–Trinajstić information content (AvgIpc) is 3.15. The minimum Gasteiger partial charge on any atom is -0.341 e. The van der Waals surface area contributed by atoms with E-state index in [4.69, 9.17) is 0 Å². The number of aryl methyl sites for hydroxylation is 2. The molecular formula is C16H21N3O2. The Bertz CT molecular complexity index is 550. The minimum atomic E-state index is -0.319. The highest BCUT2D eigenvalue weighted by Crippen LogP contribution is 2.24. The molecule has 5 heteroatoms. The van der Waals surface area contributed by atoms with Gasteiger partial charge in [0.15, 0.2) is 0 Å². The van der Waals surface area contributed by atoms with Crippen molar-refractivity contribution >= 4 is 17.6 Å². The van der Waals surface area contributed by atoms with E-state index in [0.29, 0.717) is 0 Å². The van der Waals surface area contributed by atoms with Gasteiger partial charge in [-0.2, -0.15) is 0 Å². The predicted molar refractivity (Wildman–Crippen MR) is 81.3 cm³/mol. The Morgan fingerprint density at radius 3 is 2.62 bits per heavy atom. The van der Waals surface area contributed by atoms with Crippen molar-refractivity contribution in [3.8, 4) is 0 Å². The van der Waals surface area contributed by atoms with E-state index in [1.165, 1.54) is 17.5 Å². The zero-order valence-corrected chi connectivity index (χ0v) is 12.2. The Kier molecular flexibility index (Phi) is 4.08. The van der Waals surface area contributed by atoms with Gasteiger partial charge in [-0.25, -0.2) is 4.79 Å². The first-order chi connectivity index (χ1) is 10.2. The summed E-state index contributed by atoms with van der Waals surface area (Å²) in [6, 6.07) is 5.71. The summed E-state index contributed by atoms with van der Waals surface area (Å²) in [6.07, 6.45) is 5.53. The molecule has 1 fully saturated rings. The minimum absolute atomic E-state index is 0.00315. The maximum Gasteiger partial charge on any atom is 0.319 e. The van der Waals surface area contributed by atoms with Crippen LogP contribution in [0.1, 0.15) is 30.4 Å². The van der Waals surface area contributed by atoms with Crippen LogP contribution >= 0.6 is 0 Å². The lowest BCUT2D eigenvalue weighted by molar-refractivity contribution is -0.128. The molecule has 21 heavy (non-hydrogen) atoms. The lowest BCUT2D eigenvalue weighted by Crippen LogP contribution is -2.40. The van der Waals surface area contributed by atoms with E-state index >= 15 is 0 Å². The van der Waals surface area contributed by atoms with Crippen LogP contribution in [0.5, 0.6) is 0 Å². The van der Waals surface area contributed by atoms with Crippen LogP contribution in [-0.2, 0) is 17.6 Å². The highest BCUT2D eigenvalue weighted by Gasteiger charge is 2.18. The summed E-state index contributed by atoms with van der Waals surface area (Å²) in [6.45, 7) is 1.69. The third-order valence-corrected chi connectivity index (χ3v) is 4.22. The van der Waals surface area contributed by atoms with Gasteiger partial charge >= 0.3 is 6.03 Å². The zero-order chi connectivity index (χ0) is 14.7. The summed E-state index contributed by atoms with van der Waals surface area (Å²) in [4.78, 5) is 25.5. The number of carbonyl (C=O) groups is 2. The Morgan fingerprint density at radius 1 is 1.05 bits per heavy atom. The quantitative estimate of drug-likeness (QED) is 0.892. The maximum absolute atomic E-state index is 11.8. The Hall–Kier alpha value is -2.04. The van der Waals surface area contributed by atoms with E-state index < -0.39 is 0 Å². The number of benzene rings is 1. The summed E-state index contributed by atoms with van der Waals surface area (Å²) in [7, 11) is 0. The highest BCUT2D eigenvalue weighted by atomic mass is 16.2. The molecule has 3 rings (SSSR count). The molecule has 0 radical (unpaired) electrons. The fraction of sp³-hybridized carbons (Fsp3) is 0.500. The van der Waals surface area contributed by atoms with Crippen LogP contribution in [0.4, 0.5) is 10.5 Å². The topological polar surface area (TPSA) is 61.4 Å². The molecular weight excluding hydrogens is 266 g/mol. The summed E-state index contributed by atoms with van der Waals surface area (Å²) in [5.74, 6) is -0.00315. The van der Waals surface area contributed by atoms with Crippen LogP contribution in [0.25, 0.3) is 0 Å². The van der Waals surface area contributed by atoms with Crippen molar-refractivity contribution in [2.24, 2.45) is 0 Å². The molecule has 1 aliphatic carbocycles. The number of amides is 3. The summed E-state index contributed by atoms with van der Waals surface area (Å²) < 4.78 is 0. The van der Waals surface area contributed by atoms with Crippen molar-refractivity contribution in [1.29, 1.82) is 0 Å². The van der Waals surface area contributed by atoms with Gasteiger partial charge in [-0.15, -0.1) is 0 Å². The summed E-state index contributed by atoms with van der Waals surface area (Å²) in [5.41, 5.74) is 3.49. The third-order valence-electron chi connectivity index (χ3n) is 4.22. The number of rotatable bonds is 3. The number of hydrogen-bond donors (Lipinski definition) is 2. The number of carbonyl (C=O) groups excluding carboxylic acids is 2. The fourth-order valence-corrected chi connectivity index (χ4v) is 3.06. The van der Waals surface area contributed by atoms with Gasteiger partial charge in [0, 0.05) is 18.8 Å². The van der Waals surface area contributed by atoms with Crippen molar-refractivity contribution in [2.45, 2.75) is 32.1 Å². The summed E-state index contributed by atoms with van der Waals surface area (Å²) >= 11 is 0. The molecule has 1 saturated heterocycles. The van der Waals surface area contributed by atoms with E-state index in [1.807, 2.05) is 12.1 Å². The maximum atomic E-state index is 11.8. The Labute approximate surface area is 124 Å². The van der Waals surface area contributed by atoms with Crippen molar-refractivity contribution in [2.75, 3.05) is 25.0 Å². The van der Waals surface area contributed by atoms with Crippen molar-refractivity contribution in [1.82, 2.24) is 10.2 Å². The van der Waals surface area contributed by atoms with Gasteiger partial charge in [0.2, 0.25) is 5.91 Å². The number of urea groups is 1. The van der Waals surface area contributed by atoms with Crippen molar-refractivity contribution < 1.29 is 9.59 Å². The first-order valence-electron chi connectivity index (χ1n) is 7.67. The monoisotopic (exact) mass is 287 g/mol. The Morgan fingerprint density at radius 2 is 1.81 bits per heavy atom. The highest BCUT2D eigenvalue weighted by molar-refractivity contribution is 5.92. The third kappa shape index (κ3) is 3.35. The second kappa shape index (κ2) is 6.16. The van der Waals surface area contributed by atoms with Gasteiger partial charge in [0.05, 0.1) is 6.54 Å². The molecule has 0 aromatic heterocycles. The van der Waals surface area contributed by atoms with Crippen LogP contribution in [0.15, 0.2) is 18.2 Å². The Balaban J connectivity index is 1.48. The lowest BCUT2D eigenvalue weighted by atomic mass is 10.1. The number of likely N-dealkylation sites (tertiary alicyclic amines) is 1. The predicted octanol–water partition coefficient (Wildman–Crippen LogP) is 1.92. The number of anilines is 1. The van der Waals surface area contributed by atoms with Gasteiger partial charge in [0.1, 0.15) is 0 Å². The largest absolute Gasteiger partial charge is 0.341 e. The van der Waals surface area contributed by atoms with E-state index in [-0.39, 0.29) is 18.5 Å². The van der Waals surface area contributed by atoms with E-state index in [1.54, 1.807) is 4.90 Å². The number of fused-ring (bicyclic) bond motifs is 1. The molecule has 112 valence electrons. The van der Waals surface area contributed by atoms with Crippen molar-refractivity contribution in [3.05, 3.63) is 29.3 Å². The molecule has 1 aliphatic heterocycles. The molecule has 3 amide bonds. The average molecular weight is 287 g/mol. The molecule has 0 saturated carbocycles. The van der Waals surface area contributed by atoms with Crippen LogP contribution in [0.3, 0.4) is 0 Å². The van der Waals surface area contributed by atoms with Gasteiger partial charge in [-0.3, -0.25) is 4.79 Å². The molecule has 0 spiro atoms. The standard InChI is InChI=1S/C16H21N3O2/c20-15(19-8-1-2-9-19)11-17-16(21)18-14-7-6-12-4-3-5-13(12)10-14/h6-7,10H,1-5,8-9,11H2,(H2,17,18,21).